The molecule has 2 N–H and O–H groups in total. The van der Waals surface area contributed by atoms with Gasteiger partial charge in [-0.1, -0.05) is 11.6 Å². The van der Waals surface area contributed by atoms with Gasteiger partial charge in [-0.15, -0.1) is 0 Å². The molecule has 0 saturated heterocycles. The van der Waals surface area contributed by atoms with Gasteiger partial charge in [0.25, 0.3) is 0 Å². The molecular formula is C11H10BrClFN3. The first-order chi connectivity index (χ1) is 8.04. The van der Waals surface area contributed by atoms with Gasteiger partial charge in [0.2, 0.25) is 0 Å². The van der Waals surface area contributed by atoms with Gasteiger partial charge in [-0.3, -0.25) is 0 Å². The molecule has 0 fully saturated rings. The van der Waals surface area contributed by atoms with Gasteiger partial charge in [-0.25, -0.2) is 9.37 Å². The van der Waals surface area contributed by atoms with Crippen LogP contribution < -0.4 is 5.73 Å². The monoisotopic (exact) mass is 317 g/mol. The standard InChI is InChI=1S/C11H10BrClFN3/c1-17-9(5-15)16-11(12)10(17)7-4-6(13)2-3-8(7)14/h2-4H,5,15H2,1H3. The minimum absolute atomic E-state index is 0.289. The number of hydrogen-bond donors (Lipinski definition) is 1. The fraction of sp³-hybridized carbons (Fsp3) is 0.182. The fourth-order valence-corrected chi connectivity index (χ4v) is 2.52. The summed E-state index contributed by atoms with van der Waals surface area (Å²) in [6.45, 7) is 0.289. The number of aromatic nitrogens is 2. The van der Waals surface area contributed by atoms with Crippen LogP contribution in [0.25, 0.3) is 11.3 Å². The third-order valence-electron chi connectivity index (χ3n) is 2.51. The molecule has 17 heavy (non-hydrogen) atoms. The van der Waals surface area contributed by atoms with E-state index in [1.54, 1.807) is 17.7 Å². The zero-order valence-electron chi connectivity index (χ0n) is 9.04. The summed E-state index contributed by atoms with van der Waals surface area (Å²) in [6.07, 6.45) is 0. The molecular weight excluding hydrogens is 308 g/mol. The quantitative estimate of drug-likeness (QED) is 0.924. The Morgan fingerprint density at radius 3 is 2.82 bits per heavy atom. The summed E-state index contributed by atoms with van der Waals surface area (Å²) < 4.78 is 16.1. The van der Waals surface area contributed by atoms with E-state index >= 15 is 0 Å². The molecule has 0 radical (unpaired) electrons. The molecule has 0 aliphatic carbocycles. The van der Waals surface area contributed by atoms with E-state index < -0.39 is 0 Å². The van der Waals surface area contributed by atoms with Crippen LogP contribution in [0.2, 0.25) is 5.02 Å². The van der Waals surface area contributed by atoms with Crippen LogP contribution in [0, 0.1) is 5.82 Å². The highest BCUT2D eigenvalue weighted by Crippen LogP contribution is 2.32. The molecule has 0 spiro atoms. The molecule has 90 valence electrons. The van der Waals surface area contributed by atoms with Crippen molar-refractivity contribution >= 4 is 27.5 Å². The highest BCUT2D eigenvalue weighted by molar-refractivity contribution is 9.10. The Labute approximate surface area is 112 Å². The second-order valence-corrected chi connectivity index (χ2v) is 4.74. The van der Waals surface area contributed by atoms with E-state index in [4.69, 9.17) is 17.3 Å². The summed E-state index contributed by atoms with van der Waals surface area (Å²) in [5, 5.41) is 0.476. The summed E-state index contributed by atoms with van der Waals surface area (Å²) in [5.74, 6) is 0.327. The van der Waals surface area contributed by atoms with Gasteiger partial charge in [-0.2, -0.15) is 0 Å². The molecule has 0 saturated carbocycles. The van der Waals surface area contributed by atoms with Gasteiger partial charge in [0.1, 0.15) is 16.2 Å². The molecule has 0 unspecified atom stereocenters. The van der Waals surface area contributed by atoms with Crippen LogP contribution in [0.3, 0.4) is 0 Å². The largest absolute Gasteiger partial charge is 0.329 e. The minimum Gasteiger partial charge on any atom is -0.329 e. The molecule has 1 aromatic heterocycles. The van der Waals surface area contributed by atoms with Crippen LogP contribution in [0.15, 0.2) is 22.8 Å². The maximum absolute atomic E-state index is 13.8. The molecule has 0 bridgehead atoms. The number of hydrogen-bond acceptors (Lipinski definition) is 2. The Balaban J connectivity index is 2.68. The van der Waals surface area contributed by atoms with Gasteiger partial charge in [0, 0.05) is 17.6 Å². The van der Waals surface area contributed by atoms with Crippen molar-refractivity contribution in [3.05, 3.63) is 39.5 Å². The SMILES string of the molecule is Cn1c(CN)nc(Br)c1-c1cc(Cl)ccc1F. The van der Waals surface area contributed by atoms with Gasteiger partial charge in [0.05, 0.1) is 12.2 Å². The predicted molar refractivity (Wildman–Crippen MR) is 69.2 cm³/mol. The normalized spacial score (nSPS) is 10.9. The number of rotatable bonds is 2. The molecule has 6 heteroatoms. The number of imidazole rings is 1. The Bertz CT molecular complexity index is 568. The maximum Gasteiger partial charge on any atom is 0.132 e. The van der Waals surface area contributed by atoms with Crippen molar-refractivity contribution in [2.24, 2.45) is 12.8 Å². The molecule has 2 aromatic rings. The molecule has 0 aliphatic rings. The van der Waals surface area contributed by atoms with Gasteiger partial charge in [-0.05, 0) is 34.1 Å². The van der Waals surface area contributed by atoms with Crippen molar-refractivity contribution in [1.29, 1.82) is 0 Å². The first kappa shape index (κ1) is 12.5. The number of nitrogens with two attached hydrogens (primary N) is 1. The molecule has 0 atom stereocenters. The van der Waals surface area contributed by atoms with Crippen molar-refractivity contribution in [2.75, 3.05) is 0 Å². The average molecular weight is 319 g/mol. The van der Waals surface area contributed by atoms with Crippen LogP contribution in [-0.2, 0) is 13.6 Å². The first-order valence-electron chi connectivity index (χ1n) is 4.91. The zero-order valence-corrected chi connectivity index (χ0v) is 11.4. The number of halogens is 3. The zero-order chi connectivity index (χ0) is 12.6. The lowest BCUT2D eigenvalue weighted by molar-refractivity contribution is 0.629. The Kier molecular flexibility index (Phi) is 3.51. The van der Waals surface area contributed by atoms with Crippen molar-refractivity contribution in [2.45, 2.75) is 6.54 Å². The summed E-state index contributed by atoms with van der Waals surface area (Å²) >= 11 is 9.18. The van der Waals surface area contributed by atoms with E-state index in [9.17, 15) is 4.39 Å². The predicted octanol–water partition coefficient (Wildman–Crippen LogP) is 3.10. The van der Waals surface area contributed by atoms with E-state index in [1.165, 1.54) is 12.1 Å². The molecule has 2 rings (SSSR count). The summed E-state index contributed by atoms with van der Waals surface area (Å²) in [4.78, 5) is 4.22. The molecule has 1 aromatic carbocycles. The second-order valence-electron chi connectivity index (χ2n) is 3.55. The first-order valence-corrected chi connectivity index (χ1v) is 6.08. The van der Waals surface area contributed by atoms with E-state index in [-0.39, 0.29) is 12.4 Å². The topological polar surface area (TPSA) is 43.8 Å². The Morgan fingerprint density at radius 1 is 1.53 bits per heavy atom. The number of nitrogens with zero attached hydrogens (tertiary/aromatic N) is 2. The fourth-order valence-electron chi connectivity index (χ4n) is 1.66. The van der Waals surface area contributed by atoms with Crippen LogP contribution in [-0.4, -0.2) is 9.55 Å². The van der Waals surface area contributed by atoms with Crippen molar-refractivity contribution in [1.82, 2.24) is 9.55 Å². The lowest BCUT2D eigenvalue weighted by Gasteiger charge is -2.07. The minimum atomic E-state index is -0.346. The van der Waals surface area contributed by atoms with E-state index in [2.05, 4.69) is 20.9 Å². The van der Waals surface area contributed by atoms with Gasteiger partial charge < -0.3 is 10.3 Å². The maximum atomic E-state index is 13.8. The average Bonchev–Trinajstić information content (AvgIpc) is 2.58. The summed E-state index contributed by atoms with van der Waals surface area (Å²) in [5.41, 5.74) is 6.59. The van der Waals surface area contributed by atoms with Crippen LogP contribution in [0.1, 0.15) is 5.82 Å². The lowest BCUT2D eigenvalue weighted by atomic mass is 10.1. The molecule has 0 amide bonds. The Hall–Kier alpha value is -0.910. The third kappa shape index (κ3) is 2.22. The Morgan fingerprint density at radius 2 is 2.24 bits per heavy atom. The third-order valence-corrected chi connectivity index (χ3v) is 3.30. The smallest absolute Gasteiger partial charge is 0.132 e. The van der Waals surface area contributed by atoms with Crippen molar-refractivity contribution in [3.63, 3.8) is 0 Å². The van der Waals surface area contributed by atoms with Crippen molar-refractivity contribution < 1.29 is 4.39 Å². The van der Waals surface area contributed by atoms with Crippen LogP contribution in [0.5, 0.6) is 0 Å². The van der Waals surface area contributed by atoms with Crippen LogP contribution >= 0.6 is 27.5 Å². The molecule has 0 aliphatic heterocycles. The highest BCUT2D eigenvalue weighted by Gasteiger charge is 2.17. The lowest BCUT2D eigenvalue weighted by Crippen LogP contribution is -2.05. The van der Waals surface area contributed by atoms with E-state index in [0.717, 1.165) is 0 Å². The summed E-state index contributed by atoms with van der Waals surface area (Å²) in [7, 11) is 1.79. The number of benzene rings is 1. The second kappa shape index (κ2) is 4.76. The van der Waals surface area contributed by atoms with E-state index in [0.29, 0.717) is 26.7 Å². The van der Waals surface area contributed by atoms with Crippen molar-refractivity contribution in [3.8, 4) is 11.3 Å². The molecule has 1 heterocycles. The molecule has 3 nitrogen and oxygen atoms in total. The van der Waals surface area contributed by atoms with E-state index in [1.807, 2.05) is 0 Å². The highest BCUT2D eigenvalue weighted by atomic mass is 79.9. The summed E-state index contributed by atoms with van der Waals surface area (Å²) in [6, 6.07) is 4.41. The van der Waals surface area contributed by atoms with Gasteiger partial charge >= 0.3 is 0 Å². The van der Waals surface area contributed by atoms with Crippen LogP contribution in [0.4, 0.5) is 4.39 Å². The van der Waals surface area contributed by atoms with Gasteiger partial charge in [0.15, 0.2) is 0 Å².